The molecule has 0 spiro atoms. The summed E-state index contributed by atoms with van der Waals surface area (Å²) in [5.74, 6) is 44.4. The summed E-state index contributed by atoms with van der Waals surface area (Å²) in [6.07, 6.45) is 6.67. The third kappa shape index (κ3) is 13.4. The lowest BCUT2D eigenvalue weighted by Crippen LogP contribution is -1.97. The van der Waals surface area contributed by atoms with Gasteiger partial charge in [0.2, 0.25) is 0 Å². The van der Waals surface area contributed by atoms with Crippen LogP contribution >= 0.6 is 0 Å². The molecular formula is C38H38N10O2. The molecule has 0 fully saturated rings. The van der Waals surface area contributed by atoms with Gasteiger partial charge in [-0.3, -0.25) is 0 Å². The van der Waals surface area contributed by atoms with E-state index in [0.717, 1.165) is 56.5 Å². The molecule has 0 aliphatic rings. The predicted molar refractivity (Wildman–Crippen MR) is 205 cm³/mol. The van der Waals surface area contributed by atoms with E-state index < -0.39 is 0 Å². The quantitative estimate of drug-likeness (QED) is 0.0842. The maximum absolute atomic E-state index is 8.91. The molecule has 1 aromatic carbocycles. The summed E-state index contributed by atoms with van der Waals surface area (Å²) >= 11 is 0. The highest BCUT2D eigenvalue weighted by Crippen LogP contribution is 2.34. The summed E-state index contributed by atoms with van der Waals surface area (Å²) < 4.78 is 5.34. The molecule has 4 aromatic rings. The van der Waals surface area contributed by atoms with Gasteiger partial charge < -0.3 is 14.8 Å². The van der Waals surface area contributed by atoms with Crippen molar-refractivity contribution in [3.05, 3.63) is 58.2 Å². The number of nitroso groups, excluding NO2 is 1. The molecule has 0 radical (unpaired) electrons. The number of aromatic nitrogens is 4. The number of nitrogens with one attached hydrogen (secondary N) is 3. The minimum absolute atomic E-state index is 0. The van der Waals surface area contributed by atoms with Crippen LogP contribution in [0, 0.1) is 145 Å². The lowest BCUT2D eigenvalue weighted by molar-refractivity contribution is 0.393. The monoisotopic (exact) mass is 666 g/mol. The van der Waals surface area contributed by atoms with Crippen LogP contribution in [0.4, 0.5) is 11.5 Å². The molecule has 0 aliphatic carbocycles. The zero-order valence-corrected chi connectivity index (χ0v) is 27.4. The number of pyridine rings is 1. The molecule has 3 N–H and O–H groups in total. The number of hydrogen-bond donors (Lipinski definition) is 3. The van der Waals surface area contributed by atoms with E-state index in [2.05, 4.69) is 154 Å². The number of imidazole rings is 1. The molecule has 3 aromatic heterocycles. The molecule has 12 heteroatoms. The highest BCUT2D eigenvalue weighted by Gasteiger charge is 2.16. The van der Waals surface area contributed by atoms with Gasteiger partial charge in [-0.05, 0) is 169 Å². The molecule has 0 aliphatic heterocycles. The van der Waals surface area contributed by atoms with Gasteiger partial charge in [0.1, 0.15) is 28.2 Å². The Morgan fingerprint density at radius 3 is 1.96 bits per heavy atom. The Labute approximate surface area is 300 Å². The summed E-state index contributed by atoms with van der Waals surface area (Å²) in [6, 6.07) is 8.11. The SMILES string of the molecule is C#CC#CC#CC#CC#CC#CC#CC#CC#CC.Cc1nc2c(Nc3ncccc3C)cc(-c3c(C)noc3C)cc2[nH]1.N=N/N=N/N=O.[HH].[HH].[HH].[HH].[HH].[HH].[HH]. The molecule has 0 atom stereocenters. The molecule has 12 nitrogen and oxygen atoms in total. The van der Waals surface area contributed by atoms with Crippen molar-refractivity contribution in [1.82, 2.24) is 20.1 Å². The van der Waals surface area contributed by atoms with Crippen LogP contribution in [0.25, 0.3) is 22.2 Å². The van der Waals surface area contributed by atoms with Gasteiger partial charge in [-0.2, -0.15) is 5.53 Å². The Bertz CT molecular complexity index is 2470. The smallest absolute Gasteiger partial charge is 0.141 e. The summed E-state index contributed by atoms with van der Waals surface area (Å²) in [5.41, 5.74) is 12.6. The van der Waals surface area contributed by atoms with Crippen molar-refractivity contribution < 1.29 is 14.5 Å². The van der Waals surface area contributed by atoms with E-state index in [9.17, 15) is 0 Å². The fourth-order valence-electron chi connectivity index (χ4n) is 3.66. The normalized spacial score (nSPS) is 8.08. The van der Waals surface area contributed by atoms with Crippen molar-refractivity contribution in [2.24, 2.45) is 21.0 Å². The summed E-state index contributed by atoms with van der Waals surface area (Å²) in [5, 5.41) is 16.7. The lowest BCUT2D eigenvalue weighted by Gasteiger charge is -2.11. The molecule has 4 rings (SSSR count). The minimum Gasteiger partial charge on any atom is -0.361 e. The predicted octanol–water partition coefficient (Wildman–Crippen LogP) is 8.04. The van der Waals surface area contributed by atoms with E-state index >= 15 is 0 Å². The second-order valence-corrected chi connectivity index (χ2v) is 8.87. The van der Waals surface area contributed by atoms with Crippen LogP contribution in [0.5, 0.6) is 0 Å². The van der Waals surface area contributed by atoms with Crippen molar-refractivity contribution in [2.75, 3.05) is 5.32 Å². The van der Waals surface area contributed by atoms with Gasteiger partial charge in [-0.15, -0.1) is 11.3 Å². The van der Waals surface area contributed by atoms with Gasteiger partial charge in [0.25, 0.3) is 0 Å². The van der Waals surface area contributed by atoms with Crippen LogP contribution < -0.4 is 5.32 Å². The molecular weight excluding hydrogens is 628 g/mol. The first-order chi connectivity index (χ1) is 24.4. The number of aromatic amines is 1. The Morgan fingerprint density at radius 2 is 1.48 bits per heavy atom. The molecule has 50 heavy (non-hydrogen) atoms. The van der Waals surface area contributed by atoms with Gasteiger partial charge in [0.05, 0.1) is 16.9 Å². The number of aryl methyl sites for hydroxylation is 4. The van der Waals surface area contributed by atoms with Crippen LogP contribution in [0.15, 0.2) is 55.9 Å². The van der Waals surface area contributed by atoms with Crippen molar-refractivity contribution >= 4 is 22.5 Å². The van der Waals surface area contributed by atoms with Crippen LogP contribution in [-0.4, -0.2) is 20.1 Å². The largest absolute Gasteiger partial charge is 0.361 e. The average molecular weight is 667 g/mol. The number of fused-ring (bicyclic) bond motifs is 1. The fraction of sp³-hybridized carbons (Fsp3) is 0.132. The number of benzene rings is 1. The zero-order chi connectivity index (χ0) is 36.4. The number of hydrogen-bond acceptors (Lipinski definition) is 7. The van der Waals surface area contributed by atoms with Crippen LogP contribution in [0.2, 0.25) is 0 Å². The number of anilines is 2. The Morgan fingerprint density at radius 1 is 0.880 bits per heavy atom. The van der Waals surface area contributed by atoms with Gasteiger partial charge >= 0.3 is 0 Å². The Kier molecular flexibility index (Phi) is 16.8. The van der Waals surface area contributed by atoms with Gasteiger partial charge in [-0.1, -0.05) is 17.1 Å². The van der Waals surface area contributed by atoms with Gasteiger partial charge in [0, 0.05) is 27.0 Å². The molecule has 252 valence electrons. The molecule has 0 bridgehead atoms. The van der Waals surface area contributed by atoms with Crippen molar-refractivity contribution in [3.63, 3.8) is 0 Å². The molecule has 0 saturated heterocycles. The summed E-state index contributed by atoms with van der Waals surface area (Å²) in [4.78, 5) is 21.3. The summed E-state index contributed by atoms with van der Waals surface area (Å²) in [7, 11) is 0. The van der Waals surface area contributed by atoms with E-state index in [1.807, 2.05) is 45.1 Å². The third-order valence-corrected chi connectivity index (χ3v) is 5.48. The van der Waals surface area contributed by atoms with Gasteiger partial charge in [-0.25, -0.2) is 9.97 Å². The van der Waals surface area contributed by atoms with Crippen LogP contribution in [0.1, 0.15) is 39.8 Å². The lowest BCUT2D eigenvalue weighted by atomic mass is 10.0. The van der Waals surface area contributed by atoms with E-state index in [0.29, 0.717) is 0 Å². The molecule has 3 heterocycles. The number of terminal acetylenes is 1. The maximum atomic E-state index is 8.91. The van der Waals surface area contributed by atoms with Crippen LogP contribution in [-0.2, 0) is 0 Å². The third-order valence-electron chi connectivity index (χ3n) is 5.48. The van der Waals surface area contributed by atoms with Crippen molar-refractivity contribution in [3.8, 4) is 118 Å². The molecule has 0 unspecified atom stereocenters. The highest BCUT2D eigenvalue weighted by atomic mass is 16.5. The van der Waals surface area contributed by atoms with E-state index in [1.165, 1.54) is 0 Å². The van der Waals surface area contributed by atoms with E-state index in [-0.39, 0.29) is 9.99 Å². The summed E-state index contributed by atoms with van der Waals surface area (Å²) in [6.45, 7) is 9.55. The van der Waals surface area contributed by atoms with Crippen molar-refractivity contribution in [1.29, 1.82) is 5.53 Å². The standard InChI is InChI=1S/C19H19N5O.C19H4.HN5O.7H2/c1-10-6-5-7-20-19(10)23-16-9-14(17-11(2)24-25-12(17)3)8-15-18(16)22-13(4)21-15;1-3-5-7-9-11-13-15-17-19-18-16-14-12-10-8-6-4-2;1-2-3-4-5-6;;;;;;;/h5-9H,1-4H3,(H,20,23)(H,21,22);1H,2H3;1H;7*1H/b;;2-1?,4-3+;;;;;;;. The second-order valence-electron chi connectivity index (χ2n) is 8.87. The zero-order valence-electron chi connectivity index (χ0n) is 27.4. The number of H-pyrrole nitrogens is 1. The first kappa shape index (κ1) is 37.9. The number of nitrogens with zero attached hydrogens (tertiary/aromatic N) is 7. The maximum Gasteiger partial charge on any atom is 0.141 e. The first-order valence-corrected chi connectivity index (χ1v) is 13.9. The minimum atomic E-state index is 0. The van der Waals surface area contributed by atoms with E-state index in [1.54, 1.807) is 13.1 Å². The van der Waals surface area contributed by atoms with Crippen LogP contribution in [0.3, 0.4) is 0 Å². The van der Waals surface area contributed by atoms with Gasteiger partial charge in [0.15, 0.2) is 0 Å². The topological polar surface area (TPSA) is 170 Å². The molecule has 0 saturated carbocycles. The number of rotatable bonds is 5. The molecule has 0 amide bonds. The first-order valence-electron chi connectivity index (χ1n) is 13.9. The highest BCUT2D eigenvalue weighted by molar-refractivity contribution is 5.95. The van der Waals surface area contributed by atoms with E-state index in [4.69, 9.17) is 21.4 Å². The average Bonchev–Trinajstić information content (AvgIpc) is 3.66. The Hall–Kier alpha value is -8.31. The fourth-order valence-corrected chi connectivity index (χ4v) is 3.66. The van der Waals surface area contributed by atoms with Crippen molar-refractivity contribution in [2.45, 2.75) is 34.6 Å². The second kappa shape index (κ2) is 22.2. The Balaban J connectivity index is -0.000000184.